The second-order valence-electron chi connectivity index (χ2n) is 13.8. The van der Waals surface area contributed by atoms with Gasteiger partial charge in [0.05, 0.1) is 24.4 Å². The van der Waals surface area contributed by atoms with Crippen molar-refractivity contribution in [2.75, 3.05) is 37.4 Å². The lowest BCUT2D eigenvalue weighted by Crippen LogP contribution is -2.70. The number of hydrogen-bond donors (Lipinski definition) is 4. The number of β-lactam (4-membered cyclic amide) rings is 1. The highest BCUT2D eigenvalue weighted by atomic mass is 32.2. The molecular weight excluding hydrogens is 706 g/mol. The second-order valence-corrected chi connectivity index (χ2v) is 14.9. The summed E-state index contributed by atoms with van der Waals surface area (Å²) < 4.78 is 23.3. The number of carbonyl (C=O) groups is 4. The Bertz CT molecular complexity index is 2120. The highest BCUT2D eigenvalue weighted by Gasteiger charge is 2.54. The van der Waals surface area contributed by atoms with Crippen molar-refractivity contribution >= 4 is 52.1 Å². The minimum absolute atomic E-state index is 0.00261. The van der Waals surface area contributed by atoms with E-state index in [-0.39, 0.29) is 52.8 Å². The number of aromatic carboxylic acids is 1. The maximum Gasteiger partial charge on any atom is 0.352 e. The zero-order valence-electron chi connectivity index (χ0n) is 29.2. The molecule has 53 heavy (non-hydrogen) atoms. The van der Waals surface area contributed by atoms with E-state index in [0.29, 0.717) is 36.5 Å². The maximum atomic E-state index is 15.8. The van der Waals surface area contributed by atoms with E-state index in [0.717, 1.165) is 30.9 Å². The Labute approximate surface area is 308 Å². The van der Waals surface area contributed by atoms with Crippen LogP contribution in [0.1, 0.15) is 48.1 Å². The summed E-state index contributed by atoms with van der Waals surface area (Å²) in [7, 11) is 1.42. The molecule has 1 saturated carbocycles. The van der Waals surface area contributed by atoms with Gasteiger partial charge in [-0.15, -0.1) is 11.8 Å². The normalized spacial score (nSPS) is 21.9. The number of aromatic nitrogens is 1. The Morgan fingerprint density at radius 2 is 1.87 bits per heavy atom. The van der Waals surface area contributed by atoms with Gasteiger partial charge in [-0.05, 0) is 49.3 Å². The molecule has 278 valence electrons. The van der Waals surface area contributed by atoms with Crippen LogP contribution in [0.25, 0.3) is 10.9 Å². The number of ether oxygens (including phenoxy) is 1. The van der Waals surface area contributed by atoms with Crippen LogP contribution in [-0.4, -0.2) is 93.4 Å². The van der Waals surface area contributed by atoms with E-state index in [9.17, 15) is 34.2 Å². The van der Waals surface area contributed by atoms with Gasteiger partial charge in [0.2, 0.25) is 11.3 Å². The molecule has 3 aromatic rings. The fourth-order valence-electron chi connectivity index (χ4n) is 7.52. The van der Waals surface area contributed by atoms with Crippen molar-refractivity contribution < 1.29 is 38.5 Å². The number of allylic oxidation sites excluding steroid dienone is 1. The number of benzene rings is 2. The number of aliphatic carboxylic acids is 1. The molecule has 3 aliphatic heterocycles. The summed E-state index contributed by atoms with van der Waals surface area (Å²) in [5.74, 6) is -3.29. The summed E-state index contributed by atoms with van der Waals surface area (Å²) in [5, 5.41) is 25.4. The summed E-state index contributed by atoms with van der Waals surface area (Å²) in [4.78, 5) is 66.0. The van der Waals surface area contributed by atoms with Crippen LogP contribution >= 0.6 is 11.8 Å². The lowest BCUT2D eigenvalue weighted by Gasteiger charge is -2.49. The molecule has 3 fully saturated rings. The van der Waals surface area contributed by atoms with Crippen molar-refractivity contribution in [1.29, 1.82) is 0 Å². The number of fused-ring (bicyclic) bond motifs is 2. The number of halogens is 1. The molecule has 0 bridgehead atoms. The van der Waals surface area contributed by atoms with Crippen LogP contribution < -0.4 is 25.7 Å². The van der Waals surface area contributed by atoms with Gasteiger partial charge in [-0.2, -0.15) is 0 Å². The van der Waals surface area contributed by atoms with Crippen LogP contribution in [0.15, 0.2) is 70.8 Å². The fraction of sp³-hybridized carbons (Fsp3) is 0.395. The fourth-order valence-corrected chi connectivity index (χ4v) is 8.84. The lowest BCUT2D eigenvalue weighted by molar-refractivity contribution is -0.150. The maximum absolute atomic E-state index is 15.8. The minimum atomic E-state index is -1.36. The lowest BCUT2D eigenvalue weighted by atomic mass is 10.0. The van der Waals surface area contributed by atoms with Gasteiger partial charge in [-0.1, -0.05) is 42.5 Å². The molecule has 13 nitrogen and oxygen atoms in total. The van der Waals surface area contributed by atoms with Gasteiger partial charge in [0.25, 0.3) is 5.91 Å². The van der Waals surface area contributed by atoms with Crippen molar-refractivity contribution in [2.24, 2.45) is 5.92 Å². The SMILES string of the molecule is COc1c(N2CC[C@@H]([C@H](C)NC/C=C/C3=C(C(=O)O)N4C(=O)[C@@H](NC(=O)Cc5ccccc5)[C@H]4SC3)C2)c(F)cc2c(=O)c(C(=O)O)cn(C3CC3)c12. The first kappa shape index (κ1) is 36.2. The smallest absolute Gasteiger partial charge is 0.352 e. The highest BCUT2D eigenvalue weighted by molar-refractivity contribution is 8.00. The van der Waals surface area contributed by atoms with Crippen molar-refractivity contribution in [1.82, 2.24) is 20.1 Å². The van der Waals surface area contributed by atoms with Gasteiger partial charge in [-0.3, -0.25) is 19.3 Å². The predicted molar refractivity (Wildman–Crippen MR) is 197 cm³/mol. The Balaban J connectivity index is 0.994. The number of anilines is 1. The number of hydrogen-bond acceptors (Lipinski definition) is 9. The third kappa shape index (κ3) is 6.90. The van der Waals surface area contributed by atoms with E-state index >= 15 is 4.39 Å². The molecule has 1 aliphatic carbocycles. The number of nitrogens with zero attached hydrogens (tertiary/aromatic N) is 3. The van der Waals surface area contributed by atoms with Crippen LogP contribution in [0.3, 0.4) is 0 Å². The predicted octanol–water partition coefficient (Wildman–Crippen LogP) is 3.52. The van der Waals surface area contributed by atoms with Crippen LogP contribution in [0.2, 0.25) is 0 Å². The molecule has 2 aromatic carbocycles. The van der Waals surface area contributed by atoms with Crippen molar-refractivity contribution in [3.8, 4) is 5.75 Å². The average molecular weight is 746 g/mol. The summed E-state index contributed by atoms with van der Waals surface area (Å²) in [6.45, 7) is 3.49. The zero-order chi connectivity index (χ0) is 37.6. The van der Waals surface area contributed by atoms with Crippen molar-refractivity contribution in [2.45, 2.75) is 56.1 Å². The number of amides is 2. The molecule has 2 saturated heterocycles. The minimum Gasteiger partial charge on any atom is -0.492 e. The number of methoxy groups -OCH3 is 1. The molecule has 2 amide bonds. The molecule has 4 aliphatic rings. The topological polar surface area (TPSA) is 171 Å². The number of carboxylic acid groups (broad SMARTS) is 2. The Morgan fingerprint density at radius 1 is 1.11 bits per heavy atom. The third-order valence-corrected chi connectivity index (χ3v) is 11.7. The van der Waals surface area contributed by atoms with E-state index in [1.807, 2.05) is 48.2 Å². The van der Waals surface area contributed by atoms with E-state index in [4.69, 9.17) is 4.74 Å². The summed E-state index contributed by atoms with van der Waals surface area (Å²) in [6, 6.07) is 9.51. The van der Waals surface area contributed by atoms with Gasteiger partial charge in [-0.25, -0.2) is 14.0 Å². The van der Waals surface area contributed by atoms with Gasteiger partial charge in [0.15, 0.2) is 11.6 Å². The van der Waals surface area contributed by atoms with E-state index in [2.05, 4.69) is 10.6 Å². The molecule has 15 heteroatoms. The van der Waals surface area contributed by atoms with E-state index in [1.54, 1.807) is 10.6 Å². The van der Waals surface area contributed by atoms with Crippen LogP contribution in [0.5, 0.6) is 5.75 Å². The highest BCUT2D eigenvalue weighted by Crippen LogP contribution is 2.45. The summed E-state index contributed by atoms with van der Waals surface area (Å²) >= 11 is 1.40. The molecule has 0 unspecified atom stereocenters. The van der Waals surface area contributed by atoms with Crippen LogP contribution in [0, 0.1) is 11.7 Å². The van der Waals surface area contributed by atoms with Gasteiger partial charge < -0.3 is 35.1 Å². The van der Waals surface area contributed by atoms with Crippen LogP contribution in [-0.2, 0) is 20.8 Å². The Hall–Kier alpha value is -5.15. The first-order valence-electron chi connectivity index (χ1n) is 17.6. The number of pyridine rings is 1. The van der Waals surface area contributed by atoms with Crippen molar-refractivity contribution in [3.63, 3.8) is 0 Å². The number of rotatable bonds is 13. The molecule has 4 heterocycles. The van der Waals surface area contributed by atoms with Crippen molar-refractivity contribution in [3.05, 3.63) is 93.2 Å². The summed E-state index contributed by atoms with van der Waals surface area (Å²) in [6.07, 6.45) is 7.38. The van der Waals surface area contributed by atoms with Gasteiger partial charge in [0.1, 0.15) is 28.4 Å². The largest absolute Gasteiger partial charge is 0.492 e. The van der Waals surface area contributed by atoms with Gasteiger partial charge in [0, 0.05) is 43.7 Å². The molecule has 7 rings (SSSR count). The van der Waals surface area contributed by atoms with Crippen LogP contribution in [0.4, 0.5) is 10.1 Å². The van der Waals surface area contributed by atoms with E-state index in [1.165, 1.54) is 30.0 Å². The first-order chi connectivity index (χ1) is 25.5. The molecule has 0 radical (unpaired) electrons. The first-order valence-corrected chi connectivity index (χ1v) is 18.6. The molecule has 4 N–H and O–H groups in total. The monoisotopic (exact) mass is 745 g/mol. The number of carbonyl (C=O) groups excluding carboxylic acids is 2. The Morgan fingerprint density at radius 3 is 2.55 bits per heavy atom. The van der Waals surface area contributed by atoms with E-state index < -0.39 is 46.1 Å². The second kappa shape index (κ2) is 14.7. The molecular formula is C38H40FN5O8S. The number of nitrogens with one attached hydrogen (secondary N) is 2. The zero-order valence-corrected chi connectivity index (χ0v) is 30.0. The number of thioether (sulfide) groups is 1. The van der Waals surface area contributed by atoms with Gasteiger partial charge >= 0.3 is 11.9 Å². The number of carboxylic acids is 2. The third-order valence-electron chi connectivity index (χ3n) is 10.4. The Kier molecular flexibility index (Phi) is 10.0. The molecule has 4 atom stereocenters. The molecule has 1 aromatic heterocycles. The standard InChI is InChI=1S/C38H40FN5O8S/c1-20(22-12-14-42(17-22)32-27(39)16-25-31(34(32)52-2)43(24-10-11-24)18-26(33(25)46)37(48)49)40-13-6-9-23-19-53-36-29(35(47)44(36)30(23)38(50)51)41-28(45)15-21-7-4-3-5-8-21/h3-9,16,18,20,22,24,29,36,40H,10-15,17,19H2,1-2H3,(H,41,45)(H,48,49)(H,50,51)/b9-6+/t20-,22+,29+,36+/m0/s1. The quantitative estimate of drug-likeness (QED) is 0.189. The average Bonchev–Trinajstić information content (AvgIpc) is 3.87. The molecule has 0 spiro atoms. The summed E-state index contributed by atoms with van der Waals surface area (Å²) in [5.41, 5.74) is 0.717.